The molecule has 5 aliphatic carbocycles. The number of hydrogen-bond donors (Lipinski definition) is 0. The Bertz CT molecular complexity index is 3060. The average molecular weight is 801 g/mol. The van der Waals surface area contributed by atoms with Gasteiger partial charge in [-0.25, -0.2) is 9.97 Å². The maximum atomic E-state index is 7.23. The monoisotopic (exact) mass is 800 g/mol. The van der Waals surface area contributed by atoms with Gasteiger partial charge in [0.1, 0.15) is 11.5 Å². The highest BCUT2D eigenvalue weighted by Gasteiger charge is 2.63. The van der Waals surface area contributed by atoms with Crippen LogP contribution in [0.1, 0.15) is 68.2 Å². The number of hydrogen-bond acceptors (Lipinski definition) is 3. The first-order chi connectivity index (χ1) is 30.4. The van der Waals surface area contributed by atoms with Crippen molar-refractivity contribution in [3.8, 4) is 78.7 Å². The summed E-state index contributed by atoms with van der Waals surface area (Å²) >= 11 is 0. The summed E-state index contributed by atoms with van der Waals surface area (Å²) < 4.78 is 7.23. The lowest BCUT2D eigenvalue weighted by Crippen LogP contribution is -2.55. The summed E-state index contributed by atoms with van der Waals surface area (Å²) in [5.74, 6) is 5.79. The van der Waals surface area contributed by atoms with Crippen LogP contribution in [0.3, 0.4) is 0 Å². The van der Waals surface area contributed by atoms with E-state index in [9.17, 15) is 0 Å². The zero-order valence-corrected chi connectivity index (χ0v) is 35.3. The van der Waals surface area contributed by atoms with Crippen molar-refractivity contribution < 1.29 is 4.74 Å². The van der Waals surface area contributed by atoms with Crippen LogP contribution in [0.25, 0.3) is 67.2 Å². The van der Waals surface area contributed by atoms with Gasteiger partial charge in [0, 0.05) is 50.4 Å². The molecule has 0 N–H and O–H groups in total. The normalized spacial score (nSPS) is 23.0. The van der Waals surface area contributed by atoms with Gasteiger partial charge in [-0.1, -0.05) is 153 Å². The minimum absolute atomic E-state index is 0.0543. The third-order valence-electron chi connectivity index (χ3n) is 15.8. The van der Waals surface area contributed by atoms with Gasteiger partial charge in [0.05, 0.1) is 5.69 Å². The highest BCUT2D eigenvalue weighted by molar-refractivity contribution is 5.91. The Kier molecular flexibility index (Phi) is 7.84. The highest BCUT2D eigenvalue weighted by Crippen LogP contribution is 2.72. The zero-order valence-electron chi connectivity index (χ0n) is 35.3. The maximum absolute atomic E-state index is 7.23. The fourth-order valence-electron chi connectivity index (χ4n) is 13.2. The summed E-state index contributed by atoms with van der Waals surface area (Å²) in [4.78, 5) is 10.7. The quantitative estimate of drug-likeness (QED) is 0.174. The molecule has 4 fully saturated rings. The van der Waals surface area contributed by atoms with Gasteiger partial charge in [0.25, 0.3) is 0 Å². The summed E-state index contributed by atoms with van der Waals surface area (Å²) in [6, 6.07) is 59.7. The predicted molar refractivity (Wildman–Crippen MR) is 251 cm³/mol. The molecule has 7 aromatic carbocycles. The smallest absolute Gasteiger partial charge is 0.159 e. The van der Waals surface area contributed by atoms with Crippen molar-refractivity contribution in [3.63, 3.8) is 0 Å². The molecule has 0 radical (unpaired) electrons. The van der Waals surface area contributed by atoms with Gasteiger partial charge in [-0.2, -0.15) is 0 Å². The molecule has 0 atom stereocenters. The van der Waals surface area contributed by atoms with Gasteiger partial charge in [0.2, 0.25) is 0 Å². The van der Waals surface area contributed by atoms with Gasteiger partial charge in [0.15, 0.2) is 5.82 Å². The zero-order chi connectivity index (χ0) is 41.2. The first-order valence-electron chi connectivity index (χ1n) is 22.7. The highest BCUT2D eigenvalue weighted by atomic mass is 16.5. The van der Waals surface area contributed by atoms with E-state index in [2.05, 4.69) is 184 Å². The summed E-state index contributed by atoms with van der Waals surface area (Å²) in [6.45, 7) is 4.78. The molecule has 4 bridgehead atoms. The van der Waals surface area contributed by atoms with Gasteiger partial charge in [-0.15, -0.1) is 0 Å². The summed E-state index contributed by atoms with van der Waals surface area (Å²) in [7, 11) is 0. The van der Waals surface area contributed by atoms with Crippen molar-refractivity contribution in [1.29, 1.82) is 0 Å². The van der Waals surface area contributed by atoms with E-state index in [-0.39, 0.29) is 10.8 Å². The number of benzene rings is 7. The largest absolute Gasteiger partial charge is 0.456 e. The second-order valence-corrected chi connectivity index (χ2v) is 19.4. The van der Waals surface area contributed by atoms with Gasteiger partial charge in [-0.05, 0) is 125 Å². The van der Waals surface area contributed by atoms with E-state index in [0.29, 0.717) is 11.8 Å². The van der Waals surface area contributed by atoms with Crippen LogP contribution in [0, 0.1) is 23.7 Å². The van der Waals surface area contributed by atoms with Gasteiger partial charge in [-0.3, -0.25) is 0 Å². The number of nitrogens with zero attached hydrogens (tertiary/aromatic N) is 2. The van der Waals surface area contributed by atoms with Crippen LogP contribution < -0.4 is 4.74 Å². The Hall–Kier alpha value is -6.58. The number of aromatic nitrogens is 2. The van der Waals surface area contributed by atoms with Crippen LogP contribution in [-0.4, -0.2) is 9.97 Å². The van der Waals surface area contributed by atoms with Gasteiger partial charge < -0.3 is 4.74 Å². The third kappa shape index (κ3) is 5.24. The van der Waals surface area contributed by atoms with E-state index in [0.717, 1.165) is 62.7 Å². The number of ether oxygens (including phenoxy) is 1. The topological polar surface area (TPSA) is 35.0 Å². The molecule has 4 saturated carbocycles. The Morgan fingerprint density at radius 3 is 1.77 bits per heavy atom. The average Bonchev–Trinajstić information content (AvgIpc) is 3.61. The van der Waals surface area contributed by atoms with Crippen molar-refractivity contribution in [2.75, 3.05) is 0 Å². The fourth-order valence-corrected chi connectivity index (χ4v) is 13.2. The third-order valence-corrected chi connectivity index (χ3v) is 15.8. The summed E-state index contributed by atoms with van der Waals surface area (Å²) in [6.07, 6.45) is 8.78. The Morgan fingerprint density at radius 1 is 0.468 bits per heavy atom. The molecule has 8 aromatic rings. The lowest BCUT2D eigenvalue weighted by Gasteiger charge is -2.61. The van der Waals surface area contributed by atoms with Crippen molar-refractivity contribution in [1.82, 2.24) is 9.97 Å². The summed E-state index contributed by atoms with van der Waals surface area (Å²) in [5, 5.41) is 0. The minimum atomic E-state index is -0.171. The SMILES string of the molecule is CC1(C)c2ccccc2Oc2c1ccc1c2C2(c3ccc(-c4cnc(-c5cccc(-c6ccccc6)c5)nc4-c4cccc(-c5ccccc5)c4)cc3-1)C1CC3CC(C1)CC2C3. The Labute approximate surface area is 364 Å². The molecular weight excluding hydrogens is 753 g/mol. The second-order valence-electron chi connectivity index (χ2n) is 19.4. The molecule has 6 aliphatic rings. The van der Waals surface area contributed by atoms with Crippen LogP contribution in [0.15, 0.2) is 170 Å². The molecule has 1 aromatic heterocycles. The molecule has 2 heterocycles. The Balaban J connectivity index is 1.01. The lowest BCUT2D eigenvalue weighted by molar-refractivity contribution is -0.0406. The number of fused-ring (bicyclic) bond motifs is 6. The predicted octanol–water partition coefficient (Wildman–Crippen LogP) is 15.0. The van der Waals surface area contributed by atoms with Crippen molar-refractivity contribution in [2.45, 2.75) is 56.8 Å². The molecule has 1 aliphatic heterocycles. The van der Waals surface area contributed by atoms with Crippen LogP contribution in [0.4, 0.5) is 0 Å². The standard InChI is InChI=1S/C59H48N2O/c1-58(2)51-21-9-10-22-53(51)62-56-52(58)26-24-47-48-34-42(23-25-50(48)59(54(47)56)45-28-36-27-37(30-45)31-46(59)29-36)49-35-60-57(44-20-12-18-41(33-44)39-15-7-4-8-16-39)61-55(49)43-19-11-17-40(32-43)38-13-5-3-6-14-38/h3-26,32-37,45-46H,27-31H2,1-2H3. The van der Waals surface area contributed by atoms with Crippen LogP contribution in [0.5, 0.6) is 11.5 Å². The molecule has 0 amide bonds. The molecule has 0 saturated heterocycles. The first kappa shape index (κ1) is 36.1. The summed E-state index contributed by atoms with van der Waals surface area (Å²) in [5.41, 5.74) is 17.9. The van der Waals surface area contributed by atoms with Crippen molar-refractivity contribution in [3.05, 3.63) is 192 Å². The van der Waals surface area contributed by atoms with Gasteiger partial charge >= 0.3 is 0 Å². The van der Waals surface area contributed by atoms with Crippen LogP contribution >= 0.6 is 0 Å². The lowest BCUT2D eigenvalue weighted by atomic mass is 9.43. The molecule has 3 heteroatoms. The van der Waals surface area contributed by atoms with E-state index < -0.39 is 0 Å². The Morgan fingerprint density at radius 2 is 1.06 bits per heavy atom. The van der Waals surface area contributed by atoms with E-state index in [1.807, 2.05) is 0 Å². The first-order valence-corrected chi connectivity index (χ1v) is 22.7. The minimum Gasteiger partial charge on any atom is -0.456 e. The maximum Gasteiger partial charge on any atom is 0.159 e. The number of para-hydroxylation sites is 1. The molecule has 3 nitrogen and oxygen atoms in total. The molecule has 0 unspecified atom stereocenters. The van der Waals surface area contributed by atoms with E-state index in [1.54, 1.807) is 0 Å². The molecule has 14 rings (SSSR count). The molecular formula is C59H48N2O. The van der Waals surface area contributed by atoms with Crippen LogP contribution in [-0.2, 0) is 10.8 Å². The molecule has 62 heavy (non-hydrogen) atoms. The fraction of sp³-hybridized carbons (Fsp3) is 0.220. The van der Waals surface area contributed by atoms with Crippen LogP contribution in [0.2, 0.25) is 0 Å². The van der Waals surface area contributed by atoms with Crippen molar-refractivity contribution in [2.24, 2.45) is 23.7 Å². The van der Waals surface area contributed by atoms with E-state index >= 15 is 0 Å². The van der Waals surface area contributed by atoms with Crippen molar-refractivity contribution >= 4 is 0 Å². The van der Waals surface area contributed by atoms with E-state index in [1.165, 1.54) is 82.2 Å². The number of rotatable bonds is 5. The molecule has 1 spiro atoms. The van der Waals surface area contributed by atoms with E-state index in [4.69, 9.17) is 14.7 Å². The second kappa shape index (κ2) is 13.5. The molecule has 300 valence electrons.